The van der Waals surface area contributed by atoms with Crippen molar-refractivity contribution >= 4 is 0 Å². The van der Waals surface area contributed by atoms with E-state index in [0.29, 0.717) is 12.1 Å². The molecule has 0 saturated carbocycles. The molecule has 0 unspecified atom stereocenters. The van der Waals surface area contributed by atoms with E-state index in [1.165, 1.54) is 6.07 Å². The molecule has 1 N–H and O–H groups in total. The molecule has 5 heteroatoms. The first-order valence-corrected chi connectivity index (χ1v) is 5.60. The fourth-order valence-electron chi connectivity index (χ4n) is 1.51. The molecule has 100 valence electrons. The van der Waals surface area contributed by atoms with Crippen LogP contribution in [0, 0.1) is 6.92 Å². The summed E-state index contributed by atoms with van der Waals surface area (Å²) in [6.07, 6.45) is -2.06. The standard InChI is InChI=1S/C13H16F3NO/c1-3-4-8-17-9-11-6-5-7-12(10(11)2)18-13(14,15)16/h3,5-7,17H,1,4,8-9H2,2H3. The van der Waals surface area contributed by atoms with Crippen LogP contribution in [0.1, 0.15) is 17.5 Å². The molecule has 1 aromatic rings. The molecule has 0 spiro atoms. The highest BCUT2D eigenvalue weighted by molar-refractivity contribution is 5.39. The lowest BCUT2D eigenvalue weighted by molar-refractivity contribution is -0.274. The summed E-state index contributed by atoms with van der Waals surface area (Å²) in [5, 5.41) is 3.13. The molecule has 0 aliphatic carbocycles. The number of ether oxygens (including phenoxy) is 1. The van der Waals surface area contributed by atoms with Crippen molar-refractivity contribution < 1.29 is 17.9 Å². The van der Waals surface area contributed by atoms with Gasteiger partial charge in [-0.15, -0.1) is 19.8 Å². The van der Waals surface area contributed by atoms with Gasteiger partial charge in [0.2, 0.25) is 0 Å². The fraction of sp³-hybridized carbons (Fsp3) is 0.385. The second-order valence-electron chi connectivity index (χ2n) is 3.84. The number of nitrogens with one attached hydrogen (secondary N) is 1. The van der Waals surface area contributed by atoms with E-state index >= 15 is 0 Å². The monoisotopic (exact) mass is 259 g/mol. The molecule has 1 rings (SSSR count). The molecule has 2 nitrogen and oxygen atoms in total. The Morgan fingerprint density at radius 2 is 2.11 bits per heavy atom. The molecule has 0 amide bonds. The Labute approximate surface area is 104 Å². The first kappa shape index (κ1) is 14.6. The second-order valence-corrected chi connectivity index (χ2v) is 3.84. The number of hydrogen-bond donors (Lipinski definition) is 1. The molecule has 0 atom stereocenters. The van der Waals surface area contributed by atoms with Gasteiger partial charge in [-0.3, -0.25) is 0 Å². The number of alkyl halides is 3. The van der Waals surface area contributed by atoms with Crippen LogP contribution in [0.3, 0.4) is 0 Å². The van der Waals surface area contributed by atoms with Crippen molar-refractivity contribution in [2.24, 2.45) is 0 Å². The maximum atomic E-state index is 12.2. The maximum absolute atomic E-state index is 12.2. The Kier molecular flexibility index (Phi) is 5.22. The predicted molar refractivity (Wildman–Crippen MR) is 64.4 cm³/mol. The van der Waals surface area contributed by atoms with Crippen molar-refractivity contribution in [1.29, 1.82) is 0 Å². The molecule has 0 aliphatic heterocycles. The minimum absolute atomic E-state index is 0.148. The van der Waals surface area contributed by atoms with E-state index in [1.807, 2.05) is 0 Å². The van der Waals surface area contributed by atoms with Crippen LogP contribution < -0.4 is 10.1 Å². The van der Waals surface area contributed by atoms with E-state index in [1.54, 1.807) is 25.1 Å². The highest BCUT2D eigenvalue weighted by Crippen LogP contribution is 2.27. The predicted octanol–water partition coefficient (Wildman–Crippen LogP) is 3.56. The summed E-state index contributed by atoms with van der Waals surface area (Å²) in [7, 11) is 0. The minimum Gasteiger partial charge on any atom is -0.406 e. The molecule has 18 heavy (non-hydrogen) atoms. The lowest BCUT2D eigenvalue weighted by atomic mass is 10.1. The Balaban J connectivity index is 2.69. The second kappa shape index (κ2) is 6.44. The van der Waals surface area contributed by atoms with E-state index in [2.05, 4.69) is 16.6 Å². The summed E-state index contributed by atoms with van der Waals surface area (Å²) >= 11 is 0. The maximum Gasteiger partial charge on any atom is 0.573 e. The first-order chi connectivity index (χ1) is 8.44. The van der Waals surface area contributed by atoms with Crippen LogP contribution in [0.4, 0.5) is 13.2 Å². The molecule has 0 aromatic heterocycles. The summed E-state index contributed by atoms with van der Waals surface area (Å²) in [5.41, 5.74) is 1.29. The normalized spacial score (nSPS) is 11.3. The van der Waals surface area contributed by atoms with Crippen LogP contribution in [0.15, 0.2) is 30.9 Å². The zero-order valence-electron chi connectivity index (χ0n) is 10.2. The van der Waals surface area contributed by atoms with Crippen LogP contribution in [0.2, 0.25) is 0 Å². The van der Waals surface area contributed by atoms with E-state index in [4.69, 9.17) is 0 Å². The van der Waals surface area contributed by atoms with Gasteiger partial charge in [0.1, 0.15) is 5.75 Å². The Bertz CT molecular complexity index is 402. The van der Waals surface area contributed by atoms with Gasteiger partial charge in [-0.25, -0.2) is 0 Å². The molecule has 1 aromatic carbocycles. The van der Waals surface area contributed by atoms with Gasteiger partial charge in [0.05, 0.1) is 0 Å². The number of rotatable bonds is 6. The molecular weight excluding hydrogens is 243 g/mol. The topological polar surface area (TPSA) is 21.3 Å². The summed E-state index contributed by atoms with van der Waals surface area (Å²) < 4.78 is 40.4. The average molecular weight is 259 g/mol. The number of benzene rings is 1. The van der Waals surface area contributed by atoms with E-state index in [0.717, 1.165) is 18.5 Å². The van der Waals surface area contributed by atoms with Gasteiger partial charge in [-0.1, -0.05) is 18.2 Å². The Morgan fingerprint density at radius 3 is 2.72 bits per heavy atom. The van der Waals surface area contributed by atoms with Crippen molar-refractivity contribution in [2.75, 3.05) is 6.54 Å². The zero-order valence-corrected chi connectivity index (χ0v) is 10.2. The zero-order chi connectivity index (χ0) is 13.6. The largest absolute Gasteiger partial charge is 0.573 e. The SMILES string of the molecule is C=CCCNCc1cccc(OC(F)(F)F)c1C. The minimum atomic E-state index is -4.65. The van der Waals surface area contributed by atoms with E-state index in [9.17, 15) is 13.2 Å². The third-order valence-electron chi connectivity index (χ3n) is 2.46. The molecule has 0 fully saturated rings. The highest BCUT2D eigenvalue weighted by Gasteiger charge is 2.31. The van der Waals surface area contributed by atoms with Gasteiger partial charge < -0.3 is 10.1 Å². The van der Waals surface area contributed by atoms with E-state index < -0.39 is 6.36 Å². The average Bonchev–Trinajstić information content (AvgIpc) is 2.27. The lowest BCUT2D eigenvalue weighted by Gasteiger charge is -2.14. The van der Waals surface area contributed by atoms with Crippen molar-refractivity contribution in [1.82, 2.24) is 5.32 Å². The first-order valence-electron chi connectivity index (χ1n) is 5.60. The van der Waals surface area contributed by atoms with Crippen LogP contribution in [-0.2, 0) is 6.54 Å². The summed E-state index contributed by atoms with van der Waals surface area (Å²) in [5.74, 6) is -0.148. The van der Waals surface area contributed by atoms with Gasteiger partial charge >= 0.3 is 6.36 Å². The van der Waals surface area contributed by atoms with Crippen molar-refractivity contribution in [2.45, 2.75) is 26.3 Å². The number of halogens is 3. The van der Waals surface area contributed by atoms with Gasteiger partial charge in [-0.05, 0) is 37.1 Å². The smallest absolute Gasteiger partial charge is 0.406 e. The molecular formula is C13H16F3NO. The van der Waals surface area contributed by atoms with Crippen molar-refractivity contribution in [3.63, 3.8) is 0 Å². The summed E-state index contributed by atoms with van der Waals surface area (Å²) in [4.78, 5) is 0. The van der Waals surface area contributed by atoms with Crippen molar-refractivity contribution in [3.05, 3.63) is 42.0 Å². The van der Waals surface area contributed by atoms with Gasteiger partial charge in [0.15, 0.2) is 0 Å². The molecule has 0 radical (unpaired) electrons. The molecule has 0 bridgehead atoms. The molecule has 0 aliphatic rings. The van der Waals surface area contributed by atoms with E-state index in [-0.39, 0.29) is 5.75 Å². The third-order valence-corrected chi connectivity index (χ3v) is 2.46. The van der Waals surface area contributed by atoms with Gasteiger partial charge in [0.25, 0.3) is 0 Å². The summed E-state index contributed by atoms with van der Waals surface area (Å²) in [6, 6.07) is 4.65. The van der Waals surface area contributed by atoms with Crippen LogP contribution in [-0.4, -0.2) is 12.9 Å². The molecule has 0 heterocycles. The van der Waals surface area contributed by atoms with Crippen LogP contribution >= 0.6 is 0 Å². The lowest BCUT2D eigenvalue weighted by Crippen LogP contribution is -2.19. The highest BCUT2D eigenvalue weighted by atomic mass is 19.4. The quantitative estimate of drug-likeness (QED) is 0.623. The number of hydrogen-bond acceptors (Lipinski definition) is 2. The van der Waals surface area contributed by atoms with Crippen LogP contribution in [0.5, 0.6) is 5.75 Å². The van der Waals surface area contributed by atoms with Crippen LogP contribution in [0.25, 0.3) is 0 Å². The van der Waals surface area contributed by atoms with Gasteiger partial charge in [-0.2, -0.15) is 0 Å². The Hall–Kier alpha value is -1.49. The van der Waals surface area contributed by atoms with Gasteiger partial charge in [0, 0.05) is 6.54 Å². The molecule has 0 saturated heterocycles. The summed E-state index contributed by atoms with van der Waals surface area (Å²) in [6.45, 7) is 6.46. The van der Waals surface area contributed by atoms with Crippen molar-refractivity contribution in [3.8, 4) is 5.75 Å². The fourth-order valence-corrected chi connectivity index (χ4v) is 1.51. The third kappa shape index (κ3) is 4.79. The Morgan fingerprint density at radius 1 is 1.39 bits per heavy atom.